The van der Waals surface area contributed by atoms with Crippen molar-refractivity contribution in [2.45, 2.75) is 45.4 Å². The maximum Gasteiger partial charge on any atom is 0.0230 e. The Balaban J connectivity index is 2.31. The van der Waals surface area contributed by atoms with Crippen LogP contribution in [0.15, 0.2) is 30.9 Å². The lowest BCUT2D eigenvalue weighted by Gasteiger charge is -2.11. The highest BCUT2D eigenvalue weighted by molar-refractivity contribution is 5.43. The van der Waals surface area contributed by atoms with Gasteiger partial charge in [0, 0.05) is 5.92 Å². The van der Waals surface area contributed by atoms with Gasteiger partial charge in [-0.15, -0.1) is 6.58 Å². The molecule has 85 valence electrons. The Hall–Kier alpha value is -1.04. The van der Waals surface area contributed by atoms with Gasteiger partial charge in [0.05, 0.1) is 0 Å². The Labute approximate surface area is 99.4 Å². The van der Waals surface area contributed by atoms with Gasteiger partial charge in [-0.2, -0.15) is 0 Å². The molecular weight excluding hydrogens is 192 g/mol. The fourth-order valence-electron chi connectivity index (χ4n) is 2.15. The smallest absolute Gasteiger partial charge is 0.0230 e. The normalized spacial score (nSPS) is 15.4. The standard InChI is InChI=1S/C16H21/c1-4-6-13-9-15(12(3)5-2)11-16(10-13)14-7-8-14/h5,9-11,14H,2,4,6-8H2,1,3H3. The van der Waals surface area contributed by atoms with E-state index in [1.807, 2.05) is 6.08 Å². The average Bonchev–Trinajstić information content (AvgIpc) is 3.12. The first-order valence-electron chi connectivity index (χ1n) is 6.34. The fraction of sp³-hybridized carbons (Fsp3) is 0.438. The van der Waals surface area contributed by atoms with Crippen molar-refractivity contribution in [1.82, 2.24) is 0 Å². The molecule has 1 aromatic rings. The van der Waals surface area contributed by atoms with Gasteiger partial charge >= 0.3 is 0 Å². The van der Waals surface area contributed by atoms with Crippen LogP contribution in [0, 0.1) is 5.92 Å². The van der Waals surface area contributed by atoms with E-state index in [-0.39, 0.29) is 0 Å². The number of aryl methyl sites for hydroxylation is 1. The van der Waals surface area contributed by atoms with Gasteiger partial charge in [-0.05, 0) is 41.9 Å². The molecule has 0 N–H and O–H groups in total. The van der Waals surface area contributed by atoms with Gasteiger partial charge in [0.15, 0.2) is 0 Å². The number of hydrogen-bond acceptors (Lipinski definition) is 0. The zero-order valence-corrected chi connectivity index (χ0v) is 10.4. The van der Waals surface area contributed by atoms with Crippen LogP contribution in [0.25, 0.3) is 0 Å². The Morgan fingerprint density at radius 1 is 1.38 bits per heavy atom. The topological polar surface area (TPSA) is 0 Å². The van der Waals surface area contributed by atoms with E-state index in [0.29, 0.717) is 0 Å². The highest BCUT2D eigenvalue weighted by Crippen LogP contribution is 2.41. The lowest BCUT2D eigenvalue weighted by Crippen LogP contribution is -1.95. The molecule has 0 saturated heterocycles. The number of allylic oxidation sites excluding steroid dienone is 1. The third-order valence-corrected chi connectivity index (χ3v) is 3.36. The van der Waals surface area contributed by atoms with Crippen LogP contribution < -0.4 is 0 Å². The van der Waals surface area contributed by atoms with Crippen molar-refractivity contribution in [1.29, 1.82) is 0 Å². The molecule has 0 bridgehead atoms. The first kappa shape index (κ1) is 11.4. The van der Waals surface area contributed by atoms with Gasteiger partial charge in [-0.1, -0.05) is 44.5 Å². The summed E-state index contributed by atoms with van der Waals surface area (Å²) < 4.78 is 0. The van der Waals surface area contributed by atoms with Crippen LogP contribution in [-0.4, -0.2) is 0 Å². The second-order valence-electron chi connectivity index (χ2n) is 4.87. The van der Waals surface area contributed by atoms with Gasteiger partial charge in [-0.25, -0.2) is 0 Å². The summed E-state index contributed by atoms with van der Waals surface area (Å²) >= 11 is 0. The molecule has 0 heterocycles. The second kappa shape index (κ2) is 4.86. The molecule has 0 aromatic heterocycles. The first-order valence-corrected chi connectivity index (χ1v) is 6.34. The predicted molar refractivity (Wildman–Crippen MR) is 70.6 cm³/mol. The zero-order valence-electron chi connectivity index (χ0n) is 10.4. The Kier molecular flexibility index (Phi) is 3.48. The molecule has 0 heteroatoms. The maximum absolute atomic E-state index is 3.87. The molecule has 0 spiro atoms. The lowest BCUT2D eigenvalue weighted by molar-refractivity contribution is 0.913. The van der Waals surface area contributed by atoms with E-state index in [0.717, 1.165) is 5.92 Å². The molecule has 0 aliphatic heterocycles. The molecular formula is C16H21. The predicted octanol–water partition coefficient (Wildman–Crippen LogP) is 4.64. The number of hydrogen-bond donors (Lipinski definition) is 0. The van der Waals surface area contributed by atoms with E-state index < -0.39 is 0 Å². The van der Waals surface area contributed by atoms with Gasteiger partial charge in [0.2, 0.25) is 0 Å². The van der Waals surface area contributed by atoms with E-state index in [1.54, 1.807) is 5.56 Å². The Bertz CT molecular complexity index is 372. The molecule has 1 aliphatic carbocycles. The molecule has 0 unspecified atom stereocenters. The van der Waals surface area contributed by atoms with Crippen molar-refractivity contribution in [3.63, 3.8) is 0 Å². The third-order valence-electron chi connectivity index (χ3n) is 3.36. The summed E-state index contributed by atoms with van der Waals surface area (Å²) in [6.45, 7) is 8.26. The number of benzene rings is 1. The third kappa shape index (κ3) is 2.55. The summed E-state index contributed by atoms with van der Waals surface area (Å²) in [6, 6.07) is 7.08. The van der Waals surface area contributed by atoms with Gasteiger partial charge in [0.1, 0.15) is 0 Å². The SMILES string of the molecule is C=C[C](C)c1cc(CCC)cc(C2CC2)c1. The summed E-state index contributed by atoms with van der Waals surface area (Å²) in [5, 5.41) is 0. The average molecular weight is 213 g/mol. The zero-order chi connectivity index (χ0) is 11.5. The molecule has 1 aromatic carbocycles. The largest absolute Gasteiger partial charge is 0.102 e. The maximum atomic E-state index is 3.87. The van der Waals surface area contributed by atoms with Gasteiger partial charge in [0.25, 0.3) is 0 Å². The highest BCUT2D eigenvalue weighted by Gasteiger charge is 2.24. The minimum atomic E-state index is 0.841. The number of rotatable bonds is 5. The Morgan fingerprint density at radius 2 is 2.12 bits per heavy atom. The van der Waals surface area contributed by atoms with Crippen LogP contribution in [0.2, 0.25) is 0 Å². The molecule has 0 amide bonds. The summed E-state index contributed by atoms with van der Waals surface area (Å²) in [6.07, 6.45) is 7.13. The van der Waals surface area contributed by atoms with Crippen molar-refractivity contribution < 1.29 is 0 Å². The minimum absolute atomic E-state index is 0.841. The monoisotopic (exact) mass is 213 g/mol. The summed E-state index contributed by atoms with van der Waals surface area (Å²) in [5.41, 5.74) is 4.40. The van der Waals surface area contributed by atoms with E-state index in [1.165, 1.54) is 42.7 Å². The quantitative estimate of drug-likeness (QED) is 0.668. The Morgan fingerprint density at radius 3 is 2.69 bits per heavy atom. The van der Waals surface area contributed by atoms with Crippen LogP contribution >= 0.6 is 0 Å². The van der Waals surface area contributed by atoms with Crippen LogP contribution in [0.5, 0.6) is 0 Å². The molecule has 0 nitrogen and oxygen atoms in total. The van der Waals surface area contributed by atoms with E-state index in [2.05, 4.69) is 38.6 Å². The molecule has 1 saturated carbocycles. The fourth-order valence-corrected chi connectivity index (χ4v) is 2.15. The van der Waals surface area contributed by atoms with Crippen molar-refractivity contribution in [3.05, 3.63) is 53.5 Å². The van der Waals surface area contributed by atoms with E-state index >= 15 is 0 Å². The van der Waals surface area contributed by atoms with E-state index in [9.17, 15) is 0 Å². The van der Waals surface area contributed by atoms with Gasteiger partial charge in [-0.3, -0.25) is 0 Å². The molecule has 16 heavy (non-hydrogen) atoms. The molecule has 1 aliphatic rings. The van der Waals surface area contributed by atoms with Crippen LogP contribution in [0.1, 0.15) is 55.7 Å². The second-order valence-corrected chi connectivity index (χ2v) is 4.87. The van der Waals surface area contributed by atoms with Crippen LogP contribution in [-0.2, 0) is 6.42 Å². The van der Waals surface area contributed by atoms with Gasteiger partial charge < -0.3 is 0 Å². The first-order chi connectivity index (χ1) is 7.74. The molecule has 2 rings (SSSR count). The minimum Gasteiger partial charge on any atom is -0.102 e. The van der Waals surface area contributed by atoms with Crippen LogP contribution in [0.4, 0.5) is 0 Å². The van der Waals surface area contributed by atoms with Crippen molar-refractivity contribution in [2.75, 3.05) is 0 Å². The lowest BCUT2D eigenvalue weighted by atomic mass is 9.93. The summed E-state index contributed by atoms with van der Waals surface area (Å²) in [4.78, 5) is 0. The molecule has 1 fully saturated rings. The highest BCUT2D eigenvalue weighted by atomic mass is 14.3. The summed E-state index contributed by atoms with van der Waals surface area (Å²) in [7, 11) is 0. The van der Waals surface area contributed by atoms with Crippen molar-refractivity contribution >= 4 is 0 Å². The van der Waals surface area contributed by atoms with Crippen molar-refractivity contribution in [2.24, 2.45) is 0 Å². The van der Waals surface area contributed by atoms with E-state index in [4.69, 9.17) is 0 Å². The molecule has 0 atom stereocenters. The van der Waals surface area contributed by atoms with Crippen LogP contribution in [0.3, 0.4) is 0 Å². The summed E-state index contributed by atoms with van der Waals surface area (Å²) in [5.74, 6) is 2.13. The molecule has 1 radical (unpaired) electrons. The van der Waals surface area contributed by atoms with Crippen molar-refractivity contribution in [3.8, 4) is 0 Å².